The Bertz CT molecular complexity index is 241. The summed E-state index contributed by atoms with van der Waals surface area (Å²) >= 11 is 0. The first-order chi connectivity index (χ1) is 5.83. The van der Waals surface area contributed by atoms with Gasteiger partial charge in [-0.05, 0) is 5.56 Å². The van der Waals surface area contributed by atoms with E-state index in [1.165, 1.54) is 0 Å². The Morgan fingerprint density at radius 3 is 2.50 bits per heavy atom. The highest BCUT2D eigenvalue weighted by Crippen LogP contribution is 2.01. The molecule has 0 aliphatic heterocycles. The Hall–Kier alpha value is -1.15. The lowest BCUT2D eigenvalue weighted by Gasteiger charge is -1.97. The van der Waals surface area contributed by atoms with E-state index in [1.807, 2.05) is 30.3 Å². The molecule has 0 saturated carbocycles. The SMILES string of the molecule is O=C(CCO)Cc1ccccc1. The smallest absolute Gasteiger partial charge is 0.139 e. The molecule has 1 N–H and O–H groups in total. The minimum atomic E-state index is -0.0499. The van der Waals surface area contributed by atoms with Gasteiger partial charge in [0.1, 0.15) is 5.78 Å². The number of rotatable bonds is 4. The third-order valence-electron chi connectivity index (χ3n) is 1.63. The molecule has 0 heterocycles. The van der Waals surface area contributed by atoms with Crippen molar-refractivity contribution >= 4 is 5.78 Å². The number of Topliss-reactive ketones (excluding diaryl/α,β-unsaturated/α-hetero) is 1. The summed E-state index contributed by atoms with van der Waals surface area (Å²) in [5.41, 5.74) is 1.01. The van der Waals surface area contributed by atoms with Crippen LogP contribution in [0.5, 0.6) is 0 Å². The average Bonchev–Trinajstić information content (AvgIpc) is 2.06. The van der Waals surface area contributed by atoms with Crippen LogP contribution in [0.1, 0.15) is 12.0 Å². The van der Waals surface area contributed by atoms with Crippen LogP contribution in [0.25, 0.3) is 0 Å². The average molecular weight is 164 g/mol. The molecule has 0 fully saturated rings. The van der Waals surface area contributed by atoms with E-state index in [9.17, 15) is 4.79 Å². The molecular weight excluding hydrogens is 152 g/mol. The molecule has 2 heteroatoms. The molecule has 0 saturated heterocycles. The van der Waals surface area contributed by atoms with Crippen LogP contribution >= 0.6 is 0 Å². The molecule has 0 amide bonds. The number of ketones is 1. The molecule has 1 rings (SSSR count). The van der Waals surface area contributed by atoms with E-state index in [4.69, 9.17) is 5.11 Å². The van der Waals surface area contributed by atoms with Crippen molar-refractivity contribution in [3.8, 4) is 0 Å². The lowest BCUT2D eigenvalue weighted by atomic mass is 10.1. The summed E-state index contributed by atoms with van der Waals surface area (Å²) < 4.78 is 0. The molecule has 0 unspecified atom stereocenters. The Balaban J connectivity index is 2.47. The monoisotopic (exact) mass is 164 g/mol. The fourth-order valence-corrected chi connectivity index (χ4v) is 1.04. The third kappa shape index (κ3) is 2.84. The van der Waals surface area contributed by atoms with Gasteiger partial charge in [-0.15, -0.1) is 0 Å². The van der Waals surface area contributed by atoms with E-state index in [-0.39, 0.29) is 18.8 Å². The third-order valence-corrected chi connectivity index (χ3v) is 1.63. The predicted molar refractivity (Wildman–Crippen MR) is 46.9 cm³/mol. The molecule has 2 nitrogen and oxygen atoms in total. The molecule has 64 valence electrons. The van der Waals surface area contributed by atoms with Crippen LogP contribution in [-0.2, 0) is 11.2 Å². The van der Waals surface area contributed by atoms with Crippen LogP contribution in [0.15, 0.2) is 30.3 Å². The van der Waals surface area contributed by atoms with Crippen molar-refractivity contribution in [2.45, 2.75) is 12.8 Å². The molecular formula is C10H12O2. The molecule has 1 aromatic carbocycles. The molecule has 0 spiro atoms. The molecule has 1 aromatic rings. The van der Waals surface area contributed by atoms with Gasteiger partial charge in [-0.25, -0.2) is 0 Å². The minimum absolute atomic E-state index is 0.0499. The van der Waals surface area contributed by atoms with Gasteiger partial charge < -0.3 is 5.11 Å². The first kappa shape index (κ1) is 8.94. The lowest BCUT2D eigenvalue weighted by Crippen LogP contribution is -2.04. The van der Waals surface area contributed by atoms with E-state index < -0.39 is 0 Å². The number of aliphatic hydroxyl groups excluding tert-OH is 1. The Labute approximate surface area is 71.8 Å². The van der Waals surface area contributed by atoms with Gasteiger partial charge in [0.25, 0.3) is 0 Å². The normalized spacial score (nSPS) is 9.75. The van der Waals surface area contributed by atoms with E-state index in [1.54, 1.807) is 0 Å². The van der Waals surface area contributed by atoms with Crippen molar-refractivity contribution in [3.63, 3.8) is 0 Å². The van der Waals surface area contributed by atoms with Gasteiger partial charge in [-0.1, -0.05) is 30.3 Å². The van der Waals surface area contributed by atoms with Crippen LogP contribution < -0.4 is 0 Å². The van der Waals surface area contributed by atoms with E-state index in [0.717, 1.165) is 5.56 Å². The fraction of sp³-hybridized carbons (Fsp3) is 0.300. The van der Waals surface area contributed by atoms with Crippen molar-refractivity contribution in [1.29, 1.82) is 0 Å². The Morgan fingerprint density at radius 1 is 1.25 bits per heavy atom. The van der Waals surface area contributed by atoms with Gasteiger partial charge in [-0.2, -0.15) is 0 Å². The standard InChI is InChI=1S/C10H12O2/c11-7-6-10(12)8-9-4-2-1-3-5-9/h1-5,11H,6-8H2. The number of benzene rings is 1. The summed E-state index contributed by atoms with van der Waals surface area (Å²) in [6.45, 7) is -0.0499. The molecule has 0 bridgehead atoms. The highest BCUT2D eigenvalue weighted by molar-refractivity contribution is 5.80. The van der Waals surface area contributed by atoms with Gasteiger partial charge in [0.2, 0.25) is 0 Å². The lowest BCUT2D eigenvalue weighted by molar-refractivity contribution is -0.119. The summed E-state index contributed by atoms with van der Waals surface area (Å²) in [6, 6.07) is 9.55. The highest BCUT2D eigenvalue weighted by Gasteiger charge is 2.00. The zero-order valence-corrected chi connectivity index (χ0v) is 6.86. The number of carbonyl (C=O) groups is 1. The van der Waals surface area contributed by atoms with Gasteiger partial charge in [0.15, 0.2) is 0 Å². The maximum absolute atomic E-state index is 11.1. The summed E-state index contributed by atoms with van der Waals surface area (Å²) in [5.74, 6) is 0.0868. The topological polar surface area (TPSA) is 37.3 Å². The van der Waals surface area contributed by atoms with Crippen molar-refractivity contribution in [2.75, 3.05) is 6.61 Å². The Kier molecular flexibility index (Phi) is 3.48. The van der Waals surface area contributed by atoms with Crippen LogP contribution in [0.2, 0.25) is 0 Å². The number of carbonyl (C=O) groups excluding carboxylic acids is 1. The van der Waals surface area contributed by atoms with Crippen LogP contribution in [-0.4, -0.2) is 17.5 Å². The summed E-state index contributed by atoms with van der Waals surface area (Å²) in [4.78, 5) is 11.1. The van der Waals surface area contributed by atoms with Gasteiger partial charge in [0, 0.05) is 19.4 Å². The second-order valence-corrected chi connectivity index (χ2v) is 2.67. The van der Waals surface area contributed by atoms with E-state index >= 15 is 0 Å². The summed E-state index contributed by atoms with van der Waals surface area (Å²) in [5, 5.41) is 8.49. The van der Waals surface area contributed by atoms with Gasteiger partial charge >= 0.3 is 0 Å². The predicted octanol–water partition coefficient (Wildman–Crippen LogP) is 1.18. The van der Waals surface area contributed by atoms with Crippen LogP contribution in [0.3, 0.4) is 0 Å². The van der Waals surface area contributed by atoms with Crippen LogP contribution in [0.4, 0.5) is 0 Å². The molecule has 0 atom stereocenters. The minimum Gasteiger partial charge on any atom is -0.396 e. The van der Waals surface area contributed by atoms with Crippen molar-refractivity contribution in [3.05, 3.63) is 35.9 Å². The molecule has 0 aliphatic carbocycles. The highest BCUT2D eigenvalue weighted by atomic mass is 16.3. The number of hydrogen-bond donors (Lipinski definition) is 1. The quantitative estimate of drug-likeness (QED) is 0.725. The van der Waals surface area contributed by atoms with Crippen molar-refractivity contribution < 1.29 is 9.90 Å². The second kappa shape index (κ2) is 4.67. The largest absolute Gasteiger partial charge is 0.396 e. The summed E-state index contributed by atoms with van der Waals surface area (Å²) in [7, 11) is 0. The molecule has 12 heavy (non-hydrogen) atoms. The fourth-order valence-electron chi connectivity index (χ4n) is 1.04. The maximum Gasteiger partial charge on any atom is 0.139 e. The van der Waals surface area contributed by atoms with E-state index in [0.29, 0.717) is 6.42 Å². The zero-order chi connectivity index (χ0) is 8.81. The molecule has 0 aromatic heterocycles. The molecule has 0 radical (unpaired) electrons. The second-order valence-electron chi connectivity index (χ2n) is 2.67. The Morgan fingerprint density at radius 2 is 1.92 bits per heavy atom. The van der Waals surface area contributed by atoms with E-state index in [2.05, 4.69) is 0 Å². The van der Waals surface area contributed by atoms with Gasteiger partial charge in [0.05, 0.1) is 0 Å². The van der Waals surface area contributed by atoms with Gasteiger partial charge in [-0.3, -0.25) is 4.79 Å². The summed E-state index contributed by atoms with van der Waals surface area (Å²) in [6.07, 6.45) is 0.691. The van der Waals surface area contributed by atoms with Crippen molar-refractivity contribution in [2.24, 2.45) is 0 Å². The zero-order valence-electron chi connectivity index (χ0n) is 6.86. The van der Waals surface area contributed by atoms with Crippen LogP contribution in [0, 0.1) is 0 Å². The number of aliphatic hydroxyl groups is 1. The number of hydrogen-bond acceptors (Lipinski definition) is 2. The first-order valence-electron chi connectivity index (χ1n) is 3.99. The molecule has 0 aliphatic rings. The first-order valence-corrected chi connectivity index (χ1v) is 3.99. The van der Waals surface area contributed by atoms with Crippen molar-refractivity contribution in [1.82, 2.24) is 0 Å². The maximum atomic E-state index is 11.1.